The van der Waals surface area contributed by atoms with Crippen LogP contribution in [-0.4, -0.2) is 18.4 Å². The Labute approximate surface area is 183 Å². The molecule has 8 heteroatoms. The molecule has 0 atom stereocenters. The number of ether oxygens (including phenoxy) is 1. The summed E-state index contributed by atoms with van der Waals surface area (Å²) in [6.07, 6.45) is -4.51. The third-order valence-corrected chi connectivity index (χ3v) is 4.42. The maximum absolute atomic E-state index is 12.9. The summed E-state index contributed by atoms with van der Waals surface area (Å²) in [6.45, 7) is 3.63. The van der Waals surface area contributed by atoms with Crippen LogP contribution in [0.2, 0.25) is 0 Å². The van der Waals surface area contributed by atoms with Crippen LogP contribution in [0.25, 0.3) is 0 Å². The lowest BCUT2D eigenvalue weighted by atomic mass is 10.1. The molecule has 0 aliphatic heterocycles. The molecule has 0 bridgehead atoms. The van der Waals surface area contributed by atoms with Crippen molar-refractivity contribution in [2.24, 2.45) is 0 Å². The SMILES string of the molecule is Cc1cc(C)cc(OCC(=O)Nc2cccc(C(=O)Nc3cccc(C(F)(F)F)c3)c2)c1. The molecular weight excluding hydrogens is 421 g/mol. The molecule has 0 aliphatic rings. The highest BCUT2D eigenvalue weighted by Crippen LogP contribution is 2.30. The van der Waals surface area contributed by atoms with E-state index in [2.05, 4.69) is 10.6 Å². The normalized spacial score (nSPS) is 11.0. The third-order valence-electron chi connectivity index (χ3n) is 4.42. The van der Waals surface area contributed by atoms with Gasteiger partial charge in [-0.05, 0) is 73.5 Å². The zero-order valence-corrected chi connectivity index (χ0v) is 17.4. The second-order valence-corrected chi connectivity index (χ2v) is 7.27. The van der Waals surface area contributed by atoms with Crippen molar-refractivity contribution in [3.8, 4) is 5.75 Å². The van der Waals surface area contributed by atoms with Crippen LogP contribution >= 0.6 is 0 Å². The van der Waals surface area contributed by atoms with E-state index in [9.17, 15) is 22.8 Å². The van der Waals surface area contributed by atoms with Gasteiger partial charge in [-0.2, -0.15) is 13.2 Å². The molecule has 0 aliphatic carbocycles. The van der Waals surface area contributed by atoms with Crippen molar-refractivity contribution >= 4 is 23.2 Å². The summed E-state index contributed by atoms with van der Waals surface area (Å²) < 4.78 is 44.1. The number of halogens is 3. The smallest absolute Gasteiger partial charge is 0.416 e. The number of hydrogen-bond donors (Lipinski definition) is 2. The molecule has 0 heterocycles. The van der Waals surface area contributed by atoms with Crippen molar-refractivity contribution < 1.29 is 27.5 Å². The van der Waals surface area contributed by atoms with Crippen molar-refractivity contribution in [1.29, 1.82) is 0 Å². The maximum Gasteiger partial charge on any atom is 0.416 e. The Morgan fingerprint density at radius 3 is 2.12 bits per heavy atom. The van der Waals surface area contributed by atoms with Crippen molar-refractivity contribution in [1.82, 2.24) is 0 Å². The van der Waals surface area contributed by atoms with Gasteiger partial charge >= 0.3 is 6.18 Å². The fraction of sp³-hybridized carbons (Fsp3) is 0.167. The van der Waals surface area contributed by atoms with Crippen molar-refractivity contribution in [2.75, 3.05) is 17.2 Å². The Balaban J connectivity index is 1.62. The van der Waals surface area contributed by atoms with Crippen LogP contribution in [0.4, 0.5) is 24.5 Å². The number of rotatable bonds is 6. The van der Waals surface area contributed by atoms with Crippen molar-refractivity contribution in [3.05, 3.63) is 89.0 Å². The van der Waals surface area contributed by atoms with E-state index in [-0.39, 0.29) is 17.9 Å². The number of carbonyl (C=O) groups excluding carboxylic acids is 2. The Morgan fingerprint density at radius 1 is 0.844 bits per heavy atom. The van der Waals surface area contributed by atoms with E-state index in [1.54, 1.807) is 12.1 Å². The molecule has 3 aromatic carbocycles. The largest absolute Gasteiger partial charge is 0.484 e. The van der Waals surface area contributed by atoms with E-state index < -0.39 is 23.6 Å². The minimum atomic E-state index is -4.51. The summed E-state index contributed by atoms with van der Waals surface area (Å²) in [5.41, 5.74) is 1.71. The molecule has 0 fully saturated rings. The van der Waals surface area contributed by atoms with E-state index in [0.717, 1.165) is 23.3 Å². The van der Waals surface area contributed by atoms with Gasteiger partial charge in [-0.1, -0.05) is 18.2 Å². The number of anilines is 2. The quantitative estimate of drug-likeness (QED) is 0.523. The van der Waals surface area contributed by atoms with Crippen LogP contribution in [0.15, 0.2) is 66.7 Å². The fourth-order valence-corrected chi connectivity index (χ4v) is 3.08. The molecule has 166 valence electrons. The predicted molar refractivity (Wildman–Crippen MR) is 116 cm³/mol. The standard InChI is InChI=1S/C24H21F3N2O3/c1-15-9-16(2)11-21(10-15)32-14-22(30)28-19-7-3-5-17(12-19)23(31)29-20-8-4-6-18(13-20)24(25,26)27/h3-13H,14H2,1-2H3,(H,28,30)(H,29,31). The molecule has 0 saturated carbocycles. The van der Waals surface area contributed by atoms with E-state index in [1.807, 2.05) is 32.0 Å². The van der Waals surface area contributed by atoms with E-state index in [1.165, 1.54) is 24.3 Å². The van der Waals surface area contributed by atoms with Crippen LogP contribution in [0.1, 0.15) is 27.0 Å². The first-order chi connectivity index (χ1) is 15.1. The van der Waals surface area contributed by atoms with Crippen LogP contribution in [0.5, 0.6) is 5.75 Å². The van der Waals surface area contributed by atoms with Gasteiger partial charge in [0.05, 0.1) is 5.56 Å². The summed E-state index contributed by atoms with van der Waals surface area (Å²) in [6, 6.07) is 16.0. The van der Waals surface area contributed by atoms with Gasteiger partial charge in [0.25, 0.3) is 11.8 Å². The minimum absolute atomic E-state index is 0.0149. The first-order valence-corrected chi connectivity index (χ1v) is 9.70. The third kappa shape index (κ3) is 6.34. The lowest BCUT2D eigenvalue weighted by Gasteiger charge is -2.11. The molecule has 3 rings (SSSR count). The number of aryl methyl sites for hydroxylation is 2. The molecule has 0 unspecified atom stereocenters. The molecule has 2 N–H and O–H groups in total. The summed E-state index contributed by atoms with van der Waals surface area (Å²) in [4.78, 5) is 24.7. The Kier molecular flexibility index (Phi) is 6.82. The minimum Gasteiger partial charge on any atom is -0.484 e. The molecule has 32 heavy (non-hydrogen) atoms. The average Bonchev–Trinajstić information content (AvgIpc) is 2.71. The molecule has 0 aromatic heterocycles. The maximum atomic E-state index is 12.9. The van der Waals surface area contributed by atoms with Crippen molar-refractivity contribution in [2.45, 2.75) is 20.0 Å². The number of benzene rings is 3. The topological polar surface area (TPSA) is 67.4 Å². The highest BCUT2D eigenvalue weighted by Gasteiger charge is 2.30. The van der Waals surface area contributed by atoms with Gasteiger partial charge in [-0.15, -0.1) is 0 Å². The van der Waals surface area contributed by atoms with Gasteiger partial charge in [0, 0.05) is 16.9 Å². The highest BCUT2D eigenvalue weighted by atomic mass is 19.4. The van der Waals surface area contributed by atoms with Gasteiger partial charge < -0.3 is 15.4 Å². The predicted octanol–water partition coefficient (Wildman–Crippen LogP) is 5.59. The van der Waals surface area contributed by atoms with E-state index >= 15 is 0 Å². The van der Waals surface area contributed by atoms with E-state index in [4.69, 9.17) is 4.74 Å². The van der Waals surface area contributed by atoms with Crippen LogP contribution in [-0.2, 0) is 11.0 Å². The zero-order valence-electron chi connectivity index (χ0n) is 17.4. The van der Waals surface area contributed by atoms with E-state index in [0.29, 0.717) is 11.4 Å². The molecule has 3 aromatic rings. The summed E-state index contributed by atoms with van der Waals surface area (Å²) in [5.74, 6) is -0.446. The van der Waals surface area contributed by atoms with Crippen LogP contribution in [0.3, 0.4) is 0 Å². The molecule has 0 spiro atoms. The fourth-order valence-electron chi connectivity index (χ4n) is 3.08. The first kappa shape index (κ1) is 22.9. The second kappa shape index (κ2) is 9.55. The first-order valence-electron chi connectivity index (χ1n) is 9.70. The van der Waals surface area contributed by atoms with Gasteiger partial charge in [0.1, 0.15) is 5.75 Å². The molecular formula is C24H21F3N2O3. The summed E-state index contributed by atoms with van der Waals surface area (Å²) in [7, 11) is 0. The Bertz CT molecular complexity index is 1120. The molecule has 0 saturated heterocycles. The van der Waals surface area contributed by atoms with Crippen molar-refractivity contribution in [3.63, 3.8) is 0 Å². The Hall–Kier alpha value is -3.81. The summed E-state index contributed by atoms with van der Waals surface area (Å²) in [5, 5.41) is 5.07. The van der Waals surface area contributed by atoms with Gasteiger partial charge in [-0.3, -0.25) is 9.59 Å². The van der Waals surface area contributed by atoms with Gasteiger partial charge in [0.2, 0.25) is 0 Å². The monoisotopic (exact) mass is 442 g/mol. The highest BCUT2D eigenvalue weighted by molar-refractivity contribution is 6.05. The van der Waals surface area contributed by atoms with Crippen LogP contribution < -0.4 is 15.4 Å². The number of carbonyl (C=O) groups is 2. The molecule has 0 radical (unpaired) electrons. The lowest BCUT2D eigenvalue weighted by Crippen LogP contribution is -2.20. The van der Waals surface area contributed by atoms with Crippen LogP contribution in [0, 0.1) is 13.8 Å². The second-order valence-electron chi connectivity index (χ2n) is 7.27. The van der Waals surface area contributed by atoms with Gasteiger partial charge in [-0.25, -0.2) is 0 Å². The molecule has 5 nitrogen and oxygen atoms in total. The summed E-state index contributed by atoms with van der Waals surface area (Å²) >= 11 is 0. The number of nitrogens with one attached hydrogen (secondary N) is 2. The number of amides is 2. The average molecular weight is 442 g/mol. The number of alkyl halides is 3. The lowest BCUT2D eigenvalue weighted by molar-refractivity contribution is -0.137. The Morgan fingerprint density at radius 2 is 1.47 bits per heavy atom. The molecule has 2 amide bonds. The zero-order chi connectivity index (χ0) is 23.3. The number of hydrogen-bond acceptors (Lipinski definition) is 3. The van der Waals surface area contributed by atoms with Gasteiger partial charge in [0.15, 0.2) is 6.61 Å².